The highest BCUT2D eigenvalue weighted by Gasteiger charge is 2.19. The van der Waals surface area contributed by atoms with E-state index in [-0.39, 0.29) is 0 Å². The molecular formula is C12H18BrN3. The quantitative estimate of drug-likeness (QED) is 0.906. The third-order valence-electron chi connectivity index (χ3n) is 3.26. The summed E-state index contributed by atoms with van der Waals surface area (Å²) in [6.07, 6.45) is 4.25. The van der Waals surface area contributed by atoms with Crippen LogP contribution in [0.15, 0.2) is 16.7 Å². The fraction of sp³-hybridized carbons (Fsp3) is 0.583. The smallest absolute Gasteiger partial charge is 0.131 e. The first-order chi connectivity index (χ1) is 7.70. The number of halogens is 1. The second-order valence-corrected chi connectivity index (χ2v) is 5.38. The molecular weight excluding hydrogens is 266 g/mol. The van der Waals surface area contributed by atoms with Gasteiger partial charge in [0.25, 0.3) is 0 Å². The van der Waals surface area contributed by atoms with Crippen LogP contribution in [-0.2, 0) is 0 Å². The van der Waals surface area contributed by atoms with E-state index >= 15 is 0 Å². The fourth-order valence-corrected chi connectivity index (χ4v) is 2.69. The lowest BCUT2D eigenvalue weighted by Crippen LogP contribution is -2.36. The Morgan fingerprint density at radius 2 is 2.19 bits per heavy atom. The van der Waals surface area contributed by atoms with Crippen LogP contribution in [0.1, 0.15) is 18.4 Å². The van der Waals surface area contributed by atoms with Gasteiger partial charge < -0.3 is 10.6 Å². The second-order valence-electron chi connectivity index (χ2n) is 4.46. The number of hydrogen-bond acceptors (Lipinski definition) is 3. The number of pyridine rings is 1. The van der Waals surface area contributed by atoms with Crippen molar-refractivity contribution in [3.8, 4) is 0 Å². The van der Waals surface area contributed by atoms with Gasteiger partial charge in [0.2, 0.25) is 0 Å². The molecule has 0 aromatic carbocycles. The Morgan fingerprint density at radius 3 is 2.75 bits per heavy atom. The van der Waals surface area contributed by atoms with E-state index in [1.54, 1.807) is 0 Å². The molecule has 0 aliphatic carbocycles. The average Bonchev–Trinajstić information content (AvgIpc) is 2.29. The molecule has 88 valence electrons. The summed E-state index contributed by atoms with van der Waals surface area (Å²) in [4.78, 5) is 6.87. The number of nitrogens with zero attached hydrogens (tertiary/aromatic N) is 2. The molecule has 3 nitrogen and oxygen atoms in total. The van der Waals surface area contributed by atoms with Crippen molar-refractivity contribution in [3.63, 3.8) is 0 Å². The molecule has 0 radical (unpaired) electrons. The van der Waals surface area contributed by atoms with Crippen LogP contribution in [0.3, 0.4) is 0 Å². The predicted octanol–water partition coefficient (Wildman–Crippen LogP) is 2.33. The summed E-state index contributed by atoms with van der Waals surface area (Å²) >= 11 is 3.44. The summed E-state index contributed by atoms with van der Waals surface area (Å²) in [5.41, 5.74) is 6.93. The summed E-state index contributed by atoms with van der Waals surface area (Å²) in [5, 5.41) is 0. The van der Waals surface area contributed by atoms with Crippen molar-refractivity contribution < 1.29 is 0 Å². The van der Waals surface area contributed by atoms with E-state index in [0.717, 1.165) is 29.9 Å². The number of hydrogen-bond donors (Lipinski definition) is 1. The lowest BCUT2D eigenvalue weighted by Gasteiger charge is -2.33. The topological polar surface area (TPSA) is 42.2 Å². The number of rotatable bonds is 2. The van der Waals surface area contributed by atoms with Gasteiger partial charge in [-0.3, -0.25) is 0 Å². The van der Waals surface area contributed by atoms with Gasteiger partial charge in [-0.05, 0) is 59.8 Å². The Bertz CT molecular complexity index is 359. The van der Waals surface area contributed by atoms with Crippen LogP contribution in [0.25, 0.3) is 0 Å². The van der Waals surface area contributed by atoms with Crippen molar-refractivity contribution in [1.29, 1.82) is 0 Å². The summed E-state index contributed by atoms with van der Waals surface area (Å²) < 4.78 is 1.05. The van der Waals surface area contributed by atoms with E-state index in [0.29, 0.717) is 5.92 Å². The van der Waals surface area contributed by atoms with Crippen LogP contribution in [0.5, 0.6) is 0 Å². The molecule has 2 heterocycles. The maximum absolute atomic E-state index is 5.70. The average molecular weight is 284 g/mol. The number of anilines is 1. The van der Waals surface area contributed by atoms with Crippen molar-refractivity contribution in [1.82, 2.24) is 4.98 Å². The molecule has 0 saturated carbocycles. The normalized spacial score (nSPS) is 17.8. The zero-order chi connectivity index (χ0) is 11.5. The van der Waals surface area contributed by atoms with E-state index in [1.165, 1.54) is 18.4 Å². The molecule has 1 fully saturated rings. The number of nitrogens with two attached hydrogens (primary N) is 1. The van der Waals surface area contributed by atoms with Crippen LogP contribution in [0.4, 0.5) is 5.82 Å². The number of aryl methyl sites for hydroxylation is 1. The van der Waals surface area contributed by atoms with E-state index in [4.69, 9.17) is 5.73 Å². The zero-order valence-corrected chi connectivity index (χ0v) is 11.2. The monoisotopic (exact) mass is 283 g/mol. The molecule has 1 aromatic rings. The van der Waals surface area contributed by atoms with E-state index < -0.39 is 0 Å². The molecule has 1 aromatic heterocycles. The molecule has 16 heavy (non-hydrogen) atoms. The van der Waals surface area contributed by atoms with E-state index in [9.17, 15) is 0 Å². The Kier molecular flexibility index (Phi) is 3.82. The molecule has 4 heteroatoms. The van der Waals surface area contributed by atoms with Gasteiger partial charge in [-0.25, -0.2) is 4.98 Å². The first-order valence-corrected chi connectivity index (χ1v) is 6.57. The van der Waals surface area contributed by atoms with E-state index in [1.807, 2.05) is 6.20 Å². The number of aromatic nitrogens is 1. The summed E-state index contributed by atoms with van der Waals surface area (Å²) in [6, 6.07) is 2.12. The Morgan fingerprint density at radius 1 is 1.50 bits per heavy atom. The van der Waals surface area contributed by atoms with Crippen LogP contribution in [0.2, 0.25) is 0 Å². The van der Waals surface area contributed by atoms with Crippen molar-refractivity contribution in [2.75, 3.05) is 24.5 Å². The van der Waals surface area contributed by atoms with Gasteiger partial charge in [0.05, 0.1) is 0 Å². The molecule has 2 rings (SSSR count). The maximum Gasteiger partial charge on any atom is 0.131 e. The molecule has 2 N–H and O–H groups in total. The standard InChI is InChI=1S/C12H18BrN3/c1-9-6-11(13)8-15-12(9)16-4-2-10(7-14)3-5-16/h6,8,10H,2-5,7,14H2,1H3. The Balaban J connectivity index is 2.08. The highest BCUT2D eigenvalue weighted by atomic mass is 79.9. The molecule has 0 atom stereocenters. The van der Waals surface area contributed by atoms with Gasteiger partial charge >= 0.3 is 0 Å². The molecule has 1 saturated heterocycles. The summed E-state index contributed by atoms with van der Waals surface area (Å²) in [5.74, 6) is 1.82. The first kappa shape index (κ1) is 11.9. The fourth-order valence-electron chi connectivity index (χ4n) is 2.24. The highest BCUT2D eigenvalue weighted by molar-refractivity contribution is 9.10. The minimum absolute atomic E-state index is 0.701. The van der Waals surface area contributed by atoms with Gasteiger partial charge in [0.15, 0.2) is 0 Å². The Labute approximate surface area is 105 Å². The molecule has 0 unspecified atom stereocenters. The zero-order valence-electron chi connectivity index (χ0n) is 9.62. The van der Waals surface area contributed by atoms with Gasteiger partial charge in [-0.15, -0.1) is 0 Å². The predicted molar refractivity (Wildman–Crippen MR) is 70.7 cm³/mol. The summed E-state index contributed by atoms with van der Waals surface area (Å²) in [7, 11) is 0. The maximum atomic E-state index is 5.70. The molecule has 0 bridgehead atoms. The SMILES string of the molecule is Cc1cc(Br)cnc1N1CCC(CN)CC1. The Hall–Kier alpha value is -0.610. The van der Waals surface area contributed by atoms with Crippen LogP contribution in [0, 0.1) is 12.8 Å². The largest absolute Gasteiger partial charge is 0.356 e. The molecule has 0 amide bonds. The van der Waals surface area contributed by atoms with Crippen molar-refractivity contribution in [2.24, 2.45) is 11.7 Å². The van der Waals surface area contributed by atoms with Crippen molar-refractivity contribution >= 4 is 21.7 Å². The minimum atomic E-state index is 0.701. The van der Waals surface area contributed by atoms with Gasteiger partial charge in [0, 0.05) is 23.8 Å². The molecule has 0 spiro atoms. The first-order valence-electron chi connectivity index (χ1n) is 5.78. The van der Waals surface area contributed by atoms with Crippen LogP contribution in [-0.4, -0.2) is 24.6 Å². The van der Waals surface area contributed by atoms with Gasteiger partial charge in [-0.1, -0.05) is 0 Å². The lowest BCUT2D eigenvalue weighted by atomic mass is 9.97. The second kappa shape index (κ2) is 5.15. The third kappa shape index (κ3) is 2.55. The van der Waals surface area contributed by atoms with E-state index in [2.05, 4.69) is 38.8 Å². The minimum Gasteiger partial charge on any atom is -0.356 e. The van der Waals surface area contributed by atoms with Crippen LogP contribution < -0.4 is 10.6 Å². The van der Waals surface area contributed by atoms with Gasteiger partial charge in [0.1, 0.15) is 5.82 Å². The van der Waals surface area contributed by atoms with Crippen LogP contribution >= 0.6 is 15.9 Å². The van der Waals surface area contributed by atoms with Gasteiger partial charge in [-0.2, -0.15) is 0 Å². The summed E-state index contributed by atoms with van der Waals surface area (Å²) in [6.45, 7) is 5.09. The van der Waals surface area contributed by atoms with Crippen molar-refractivity contribution in [3.05, 3.63) is 22.3 Å². The number of piperidine rings is 1. The highest BCUT2D eigenvalue weighted by Crippen LogP contribution is 2.25. The lowest BCUT2D eigenvalue weighted by molar-refractivity contribution is 0.413. The third-order valence-corrected chi connectivity index (χ3v) is 3.70. The van der Waals surface area contributed by atoms with Crippen molar-refractivity contribution in [2.45, 2.75) is 19.8 Å². The molecule has 1 aliphatic rings. The molecule has 1 aliphatic heterocycles.